The van der Waals surface area contributed by atoms with Crippen LogP contribution in [0.3, 0.4) is 0 Å². The minimum Gasteiger partial charge on any atom is -0.303 e. The summed E-state index contributed by atoms with van der Waals surface area (Å²) in [5.41, 5.74) is 2.44. The van der Waals surface area contributed by atoms with Gasteiger partial charge in [-0.25, -0.2) is 0 Å². The van der Waals surface area contributed by atoms with E-state index < -0.39 is 0 Å². The fraction of sp³-hybridized carbons (Fsp3) is 0.500. The topological polar surface area (TPSA) is 29.4 Å². The Hall–Kier alpha value is -0.830. The van der Waals surface area contributed by atoms with E-state index in [4.69, 9.17) is 0 Å². The minimum absolute atomic E-state index is 0.609. The monoisotopic (exact) mass is 225 g/mol. The number of aldehydes is 1. The lowest BCUT2D eigenvalue weighted by Gasteiger charge is -1.98. The molecule has 0 aliphatic heterocycles. The Bertz CT molecular complexity index is 290. The van der Waals surface area contributed by atoms with Gasteiger partial charge in [-0.05, 0) is 38.2 Å². The van der Waals surface area contributed by atoms with Crippen molar-refractivity contribution >= 4 is 23.1 Å². The first-order valence-corrected chi connectivity index (χ1v) is 5.85. The first-order valence-electron chi connectivity index (χ1n) is 4.97. The average Bonchev–Trinajstić information content (AvgIpc) is 2.22. The van der Waals surface area contributed by atoms with Gasteiger partial charge in [0.1, 0.15) is 6.29 Å². The lowest BCUT2D eigenvalue weighted by atomic mass is 10.1. The second-order valence-corrected chi connectivity index (χ2v) is 4.48. The third kappa shape index (κ3) is 8.18. The summed E-state index contributed by atoms with van der Waals surface area (Å²) >= 11 is 1.62. The quantitative estimate of drug-likeness (QED) is 0.310. The molecule has 0 radical (unpaired) electrons. The number of carbonyl (C=O) groups excluding carboxylic acids is 1. The molecular weight excluding hydrogens is 206 g/mol. The van der Waals surface area contributed by atoms with E-state index in [1.165, 1.54) is 11.1 Å². The molecule has 0 aromatic heterocycles. The van der Waals surface area contributed by atoms with Crippen LogP contribution in [0.2, 0.25) is 0 Å². The van der Waals surface area contributed by atoms with Crippen LogP contribution in [0.4, 0.5) is 0 Å². The fourth-order valence-electron chi connectivity index (χ4n) is 1.01. The number of hydrogen-bond donors (Lipinski definition) is 0. The Balaban J connectivity index is 4.19. The van der Waals surface area contributed by atoms with E-state index in [1.807, 2.05) is 13.8 Å². The smallest absolute Gasteiger partial charge is 0.120 e. The van der Waals surface area contributed by atoms with Crippen molar-refractivity contribution in [3.8, 4) is 0 Å². The maximum atomic E-state index is 10.2. The Morgan fingerprint density at radius 3 is 2.53 bits per heavy atom. The number of allylic oxidation sites excluding steroid dienone is 3. The molecule has 0 aliphatic rings. The number of aliphatic imine (C=N–C) groups is 1. The summed E-state index contributed by atoms with van der Waals surface area (Å²) in [4.78, 5) is 14.2. The third-order valence-corrected chi connectivity index (χ3v) is 2.87. The molecule has 0 aromatic carbocycles. The lowest BCUT2D eigenvalue weighted by molar-refractivity contribution is -0.107. The van der Waals surface area contributed by atoms with E-state index in [2.05, 4.69) is 23.4 Å². The SMILES string of the molecule is CN=C(C)S/C=C(C)/C=C(\C)CCC=O. The summed E-state index contributed by atoms with van der Waals surface area (Å²) in [5, 5.41) is 3.13. The highest BCUT2D eigenvalue weighted by Gasteiger charge is 1.92. The Morgan fingerprint density at radius 2 is 2.00 bits per heavy atom. The van der Waals surface area contributed by atoms with Gasteiger partial charge in [-0.15, -0.1) is 0 Å². The Labute approximate surface area is 96.6 Å². The van der Waals surface area contributed by atoms with Crippen molar-refractivity contribution in [1.29, 1.82) is 0 Å². The van der Waals surface area contributed by atoms with Gasteiger partial charge in [0.2, 0.25) is 0 Å². The van der Waals surface area contributed by atoms with Crippen molar-refractivity contribution in [1.82, 2.24) is 0 Å². The highest BCUT2D eigenvalue weighted by Crippen LogP contribution is 2.13. The van der Waals surface area contributed by atoms with Gasteiger partial charge >= 0.3 is 0 Å². The van der Waals surface area contributed by atoms with Gasteiger partial charge < -0.3 is 4.79 Å². The molecular formula is C12H19NOS. The zero-order valence-electron chi connectivity index (χ0n) is 9.91. The average molecular weight is 225 g/mol. The molecule has 0 spiro atoms. The maximum Gasteiger partial charge on any atom is 0.120 e. The summed E-state index contributed by atoms with van der Waals surface area (Å²) in [5.74, 6) is 0. The molecule has 84 valence electrons. The summed E-state index contributed by atoms with van der Waals surface area (Å²) in [6.07, 6.45) is 4.52. The largest absolute Gasteiger partial charge is 0.303 e. The van der Waals surface area contributed by atoms with Gasteiger partial charge in [0.05, 0.1) is 5.04 Å². The van der Waals surface area contributed by atoms with Gasteiger partial charge in [0.15, 0.2) is 0 Å². The highest BCUT2D eigenvalue weighted by molar-refractivity contribution is 8.16. The number of nitrogens with zero attached hydrogens (tertiary/aromatic N) is 1. The molecule has 0 N–H and O–H groups in total. The number of carbonyl (C=O) groups is 1. The van der Waals surface area contributed by atoms with Crippen molar-refractivity contribution in [2.75, 3.05) is 7.05 Å². The normalized spacial score (nSPS) is 14.3. The number of rotatable bonds is 5. The summed E-state index contributed by atoms with van der Waals surface area (Å²) < 4.78 is 0. The molecule has 0 unspecified atom stereocenters. The molecule has 0 saturated heterocycles. The van der Waals surface area contributed by atoms with Crippen molar-refractivity contribution in [2.24, 2.45) is 4.99 Å². The van der Waals surface area contributed by atoms with Crippen molar-refractivity contribution in [3.63, 3.8) is 0 Å². The van der Waals surface area contributed by atoms with E-state index in [1.54, 1.807) is 18.8 Å². The molecule has 0 aliphatic carbocycles. The van der Waals surface area contributed by atoms with Crippen LogP contribution in [0.25, 0.3) is 0 Å². The molecule has 0 fully saturated rings. The van der Waals surface area contributed by atoms with Crippen molar-refractivity contribution < 1.29 is 4.79 Å². The molecule has 0 heterocycles. The van der Waals surface area contributed by atoms with Gasteiger partial charge in [-0.1, -0.05) is 23.4 Å². The Morgan fingerprint density at radius 1 is 1.33 bits per heavy atom. The van der Waals surface area contributed by atoms with Gasteiger partial charge in [0.25, 0.3) is 0 Å². The predicted octanol–water partition coefficient (Wildman–Crippen LogP) is 3.60. The van der Waals surface area contributed by atoms with Crippen LogP contribution in [0.15, 0.2) is 27.6 Å². The summed E-state index contributed by atoms with van der Waals surface area (Å²) in [7, 11) is 1.79. The van der Waals surface area contributed by atoms with Crippen LogP contribution in [-0.4, -0.2) is 18.4 Å². The van der Waals surface area contributed by atoms with Gasteiger partial charge in [0, 0.05) is 13.5 Å². The van der Waals surface area contributed by atoms with E-state index in [0.717, 1.165) is 17.8 Å². The summed E-state index contributed by atoms with van der Waals surface area (Å²) in [6.45, 7) is 6.09. The standard InChI is InChI=1S/C12H19NOS/c1-10(6-5-7-14)8-11(2)9-15-12(3)13-4/h7-9H,5-6H2,1-4H3/b10-8+,11-9+,13-12?. The first-order chi connectivity index (χ1) is 7.10. The van der Waals surface area contributed by atoms with Crippen LogP contribution in [0, 0.1) is 0 Å². The van der Waals surface area contributed by atoms with E-state index >= 15 is 0 Å². The number of hydrogen-bond acceptors (Lipinski definition) is 3. The van der Waals surface area contributed by atoms with E-state index in [0.29, 0.717) is 6.42 Å². The molecule has 0 rings (SSSR count). The van der Waals surface area contributed by atoms with Gasteiger partial charge in [-0.2, -0.15) is 0 Å². The second kappa shape index (κ2) is 8.48. The number of thioether (sulfide) groups is 1. The zero-order valence-corrected chi connectivity index (χ0v) is 10.7. The molecule has 0 saturated carbocycles. The van der Waals surface area contributed by atoms with Crippen LogP contribution >= 0.6 is 11.8 Å². The van der Waals surface area contributed by atoms with Crippen LogP contribution in [-0.2, 0) is 4.79 Å². The van der Waals surface area contributed by atoms with Crippen LogP contribution in [0.1, 0.15) is 33.6 Å². The minimum atomic E-state index is 0.609. The highest BCUT2D eigenvalue weighted by atomic mass is 32.2. The molecule has 0 bridgehead atoms. The fourth-order valence-corrected chi connectivity index (χ4v) is 1.54. The molecule has 0 amide bonds. The van der Waals surface area contributed by atoms with Gasteiger partial charge in [-0.3, -0.25) is 4.99 Å². The third-order valence-electron chi connectivity index (χ3n) is 1.86. The lowest BCUT2D eigenvalue weighted by Crippen LogP contribution is -1.82. The molecule has 2 nitrogen and oxygen atoms in total. The predicted molar refractivity (Wildman–Crippen MR) is 69.4 cm³/mol. The van der Waals surface area contributed by atoms with E-state index in [-0.39, 0.29) is 0 Å². The maximum absolute atomic E-state index is 10.2. The van der Waals surface area contributed by atoms with Crippen molar-refractivity contribution in [2.45, 2.75) is 33.6 Å². The Kier molecular flexibility index (Phi) is 8.01. The molecule has 0 atom stereocenters. The van der Waals surface area contributed by atoms with E-state index in [9.17, 15) is 4.79 Å². The van der Waals surface area contributed by atoms with Crippen molar-refractivity contribution in [3.05, 3.63) is 22.6 Å². The zero-order chi connectivity index (χ0) is 11.7. The summed E-state index contributed by atoms with van der Waals surface area (Å²) in [6, 6.07) is 0. The second-order valence-electron chi connectivity index (χ2n) is 3.42. The van der Waals surface area contributed by atoms with Crippen LogP contribution < -0.4 is 0 Å². The first kappa shape index (κ1) is 14.2. The molecule has 3 heteroatoms. The molecule has 15 heavy (non-hydrogen) atoms. The molecule has 0 aromatic rings. The van der Waals surface area contributed by atoms with Crippen LogP contribution in [0.5, 0.6) is 0 Å².